The van der Waals surface area contributed by atoms with Crippen LogP contribution in [0.2, 0.25) is 0 Å². The molecule has 2 unspecified atom stereocenters. The van der Waals surface area contributed by atoms with Crippen molar-refractivity contribution in [2.45, 2.75) is 32.0 Å². The van der Waals surface area contributed by atoms with Crippen molar-refractivity contribution in [3.05, 3.63) is 71.5 Å². The molecule has 0 saturated heterocycles. The molecule has 2 atom stereocenters. The van der Waals surface area contributed by atoms with E-state index in [4.69, 9.17) is 4.42 Å². The molecule has 2 aromatic carbocycles. The minimum Gasteiger partial charge on any atom is -0.459 e. The molecular formula is C20H21ClN2O2. The number of carbonyl (C=O) groups is 1. The summed E-state index contributed by atoms with van der Waals surface area (Å²) in [6.07, 6.45) is 0.717. The van der Waals surface area contributed by atoms with Gasteiger partial charge in [0.05, 0.1) is 12.1 Å². The lowest BCUT2D eigenvalue weighted by Gasteiger charge is -2.26. The van der Waals surface area contributed by atoms with Crippen molar-refractivity contribution in [1.29, 1.82) is 0 Å². The van der Waals surface area contributed by atoms with Crippen LogP contribution in [0.5, 0.6) is 0 Å². The first kappa shape index (κ1) is 17.5. The van der Waals surface area contributed by atoms with Crippen LogP contribution in [0.15, 0.2) is 59.0 Å². The first-order valence-corrected chi connectivity index (χ1v) is 8.30. The highest BCUT2D eigenvalue weighted by Crippen LogP contribution is 2.24. The Labute approximate surface area is 153 Å². The fourth-order valence-corrected chi connectivity index (χ4v) is 3.24. The van der Waals surface area contributed by atoms with Gasteiger partial charge in [0.15, 0.2) is 0 Å². The fraction of sp³-hybridized carbons (Fsp3) is 0.250. The number of halogens is 1. The summed E-state index contributed by atoms with van der Waals surface area (Å²) in [5, 5.41) is 7.43. The Morgan fingerprint density at radius 1 is 1.16 bits per heavy atom. The van der Waals surface area contributed by atoms with E-state index in [2.05, 4.69) is 22.8 Å². The van der Waals surface area contributed by atoms with E-state index < -0.39 is 0 Å². The fourth-order valence-electron chi connectivity index (χ4n) is 3.24. The van der Waals surface area contributed by atoms with Crippen LogP contribution in [0.4, 0.5) is 0 Å². The number of rotatable bonds is 3. The smallest absolute Gasteiger partial charge is 0.238 e. The van der Waals surface area contributed by atoms with Crippen LogP contribution >= 0.6 is 12.4 Å². The summed E-state index contributed by atoms with van der Waals surface area (Å²) in [4.78, 5) is 12.6. The average Bonchev–Trinajstić information content (AvgIpc) is 3.05. The summed E-state index contributed by atoms with van der Waals surface area (Å²) >= 11 is 0. The molecular weight excluding hydrogens is 336 g/mol. The number of para-hydroxylation sites is 1. The molecule has 3 aromatic rings. The lowest BCUT2D eigenvalue weighted by molar-refractivity contribution is -0.124. The maximum atomic E-state index is 12.6. The summed E-state index contributed by atoms with van der Waals surface area (Å²) in [7, 11) is 0. The molecule has 0 spiro atoms. The predicted octanol–water partition coefficient (Wildman–Crippen LogP) is 3.75. The Hall–Kier alpha value is -2.30. The second-order valence-electron chi connectivity index (χ2n) is 6.32. The van der Waals surface area contributed by atoms with Crippen LogP contribution in [-0.2, 0) is 17.8 Å². The number of fused-ring (bicyclic) bond motifs is 2. The molecule has 0 aliphatic carbocycles. The van der Waals surface area contributed by atoms with Gasteiger partial charge in [-0.15, -0.1) is 12.4 Å². The Balaban J connectivity index is 0.00000182. The highest BCUT2D eigenvalue weighted by molar-refractivity contribution is 5.85. The second kappa shape index (κ2) is 7.30. The number of hydrogen-bond acceptors (Lipinski definition) is 3. The Morgan fingerprint density at radius 2 is 1.88 bits per heavy atom. The zero-order valence-electron chi connectivity index (χ0n) is 14.0. The molecule has 1 aromatic heterocycles. The van der Waals surface area contributed by atoms with E-state index in [1.807, 2.05) is 49.4 Å². The monoisotopic (exact) mass is 356 g/mol. The molecule has 1 aliphatic rings. The van der Waals surface area contributed by atoms with Gasteiger partial charge < -0.3 is 15.1 Å². The van der Waals surface area contributed by atoms with Crippen LogP contribution < -0.4 is 10.6 Å². The van der Waals surface area contributed by atoms with Crippen LogP contribution in [-0.4, -0.2) is 11.9 Å². The Morgan fingerprint density at radius 3 is 2.68 bits per heavy atom. The number of benzene rings is 2. The highest BCUT2D eigenvalue weighted by Gasteiger charge is 2.25. The molecule has 2 heterocycles. The van der Waals surface area contributed by atoms with Crippen molar-refractivity contribution in [2.24, 2.45) is 0 Å². The first-order chi connectivity index (χ1) is 11.7. The van der Waals surface area contributed by atoms with Crippen molar-refractivity contribution in [2.75, 3.05) is 0 Å². The normalized spacial score (nSPS) is 17.4. The van der Waals surface area contributed by atoms with Crippen molar-refractivity contribution < 1.29 is 9.21 Å². The van der Waals surface area contributed by atoms with Crippen molar-refractivity contribution in [3.63, 3.8) is 0 Å². The maximum absolute atomic E-state index is 12.6. The van der Waals surface area contributed by atoms with Gasteiger partial charge >= 0.3 is 0 Å². The van der Waals surface area contributed by atoms with Gasteiger partial charge in [-0.3, -0.25) is 4.79 Å². The van der Waals surface area contributed by atoms with Crippen molar-refractivity contribution in [1.82, 2.24) is 10.6 Å². The molecule has 2 N–H and O–H groups in total. The van der Waals surface area contributed by atoms with Gasteiger partial charge in [-0.25, -0.2) is 0 Å². The maximum Gasteiger partial charge on any atom is 0.238 e. The molecule has 0 radical (unpaired) electrons. The minimum absolute atomic E-state index is 0. The molecule has 0 bridgehead atoms. The quantitative estimate of drug-likeness (QED) is 0.751. The number of nitrogens with one attached hydrogen (secondary N) is 2. The first-order valence-electron chi connectivity index (χ1n) is 8.30. The van der Waals surface area contributed by atoms with Gasteiger partial charge in [0.2, 0.25) is 5.91 Å². The van der Waals surface area contributed by atoms with E-state index in [0.29, 0.717) is 0 Å². The summed E-state index contributed by atoms with van der Waals surface area (Å²) in [6, 6.07) is 17.8. The van der Waals surface area contributed by atoms with Crippen LogP contribution in [0, 0.1) is 0 Å². The number of amides is 1. The lowest BCUT2D eigenvalue weighted by atomic mass is 9.95. The second-order valence-corrected chi connectivity index (χ2v) is 6.32. The molecule has 4 nitrogen and oxygen atoms in total. The summed E-state index contributed by atoms with van der Waals surface area (Å²) in [5.41, 5.74) is 3.36. The van der Waals surface area contributed by atoms with E-state index in [1.54, 1.807) is 0 Å². The van der Waals surface area contributed by atoms with Gasteiger partial charge in [-0.1, -0.05) is 42.5 Å². The van der Waals surface area contributed by atoms with Gasteiger partial charge in [-0.05, 0) is 36.6 Å². The largest absolute Gasteiger partial charge is 0.459 e. The molecule has 0 fully saturated rings. The zero-order valence-corrected chi connectivity index (χ0v) is 14.8. The minimum atomic E-state index is -0.202. The zero-order chi connectivity index (χ0) is 16.5. The number of carbonyl (C=O) groups excluding carboxylic acids is 1. The third-order valence-corrected chi connectivity index (χ3v) is 4.63. The van der Waals surface area contributed by atoms with Crippen LogP contribution in [0.1, 0.15) is 29.9 Å². The standard InChI is InChI=1S/C20H20N2O2.ClH/c1-13(19-11-15-7-4-5-9-18(15)24-19)22-20(23)17-10-14-6-2-3-8-16(14)12-21-17;/h2-9,11,13,17,21H,10,12H2,1H3,(H,22,23);1H. The molecule has 1 amide bonds. The highest BCUT2D eigenvalue weighted by atomic mass is 35.5. The molecule has 130 valence electrons. The van der Waals surface area contributed by atoms with Gasteiger partial charge in [0.25, 0.3) is 0 Å². The van der Waals surface area contributed by atoms with Crippen molar-refractivity contribution >= 4 is 29.3 Å². The van der Waals surface area contributed by atoms with Gasteiger partial charge in [0, 0.05) is 11.9 Å². The SMILES string of the molecule is CC(NC(=O)C1Cc2ccccc2CN1)c1cc2ccccc2o1.Cl. The Bertz CT molecular complexity index is 857. The molecule has 5 heteroatoms. The summed E-state index contributed by atoms with van der Waals surface area (Å²) in [6.45, 7) is 2.68. The van der Waals surface area contributed by atoms with Crippen LogP contribution in [0.25, 0.3) is 11.0 Å². The van der Waals surface area contributed by atoms with E-state index in [9.17, 15) is 4.79 Å². The summed E-state index contributed by atoms with van der Waals surface area (Å²) < 4.78 is 5.84. The Kier molecular flexibility index (Phi) is 5.11. The van der Waals surface area contributed by atoms with E-state index in [0.717, 1.165) is 29.7 Å². The molecule has 0 saturated carbocycles. The van der Waals surface area contributed by atoms with E-state index >= 15 is 0 Å². The third-order valence-electron chi connectivity index (χ3n) is 4.63. The van der Waals surface area contributed by atoms with E-state index in [-0.39, 0.29) is 30.4 Å². The lowest BCUT2D eigenvalue weighted by Crippen LogP contribution is -2.48. The average molecular weight is 357 g/mol. The van der Waals surface area contributed by atoms with Crippen molar-refractivity contribution in [3.8, 4) is 0 Å². The number of hydrogen-bond donors (Lipinski definition) is 2. The predicted molar refractivity (Wildman–Crippen MR) is 101 cm³/mol. The molecule has 25 heavy (non-hydrogen) atoms. The molecule has 4 rings (SSSR count). The molecule has 1 aliphatic heterocycles. The van der Waals surface area contributed by atoms with Gasteiger partial charge in [-0.2, -0.15) is 0 Å². The van der Waals surface area contributed by atoms with Gasteiger partial charge in [0.1, 0.15) is 11.3 Å². The third kappa shape index (κ3) is 3.55. The topological polar surface area (TPSA) is 54.3 Å². The summed E-state index contributed by atoms with van der Waals surface area (Å²) in [5.74, 6) is 0.790. The van der Waals surface area contributed by atoms with Crippen LogP contribution in [0.3, 0.4) is 0 Å². The number of furan rings is 1. The van der Waals surface area contributed by atoms with E-state index in [1.165, 1.54) is 11.1 Å².